The molecule has 0 fully saturated rings. The molecule has 0 atom stereocenters. The van der Waals surface area contributed by atoms with Crippen molar-refractivity contribution in [1.82, 2.24) is 0 Å². The lowest BCUT2D eigenvalue weighted by molar-refractivity contribution is -0.107. The smallest absolute Gasteiger partial charge is 0.273 e. The Hall–Kier alpha value is -0.900. The van der Waals surface area contributed by atoms with Crippen molar-refractivity contribution in [3.63, 3.8) is 0 Å². The summed E-state index contributed by atoms with van der Waals surface area (Å²) in [6.07, 6.45) is 3.73. The Kier molecular flexibility index (Phi) is 1.25. The molecular formula is C5H4O3S. The molecule has 0 bridgehead atoms. The second-order valence-electron chi connectivity index (χ2n) is 1.55. The molecule has 4 heteroatoms. The first kappa shape index (κ1) is 6.22. The third kappa shape index (κ3) is 1.08. The minimum absolute atomic E-state index is 0.843. The highest BCUT2D eigenvalue weighted by atomic mass is 32.2. The molecule has 0 aromatic carbocycles. The van der Waals surface area contributed by atoms with E-state index >= 15 is 0 Å². The SMILES string of the molecule is O=C1C=CC=CS1(=O)=O. The summed E-state index contributed by atoms with van der Waals surface area (Å²) >= 11 is 0. The van der Waals surface area contributed by atoms with Gasteiger partial charge in [-0.25, -0.2) is 8.42 Å². The Bertz CT molecular complexity index is 281. The van der Waals surface area contributed by atoms with Crippen LogP contribution in [0.3, 0.4) is 0 Å². The zero-order valence-electron chi connectivity index (χ0n) is 4.44. The molecule has 0 N–H and O–H groups in total. The molecule has 9 heavy (non-hydrogen) atoms. The summed E-state index contributed by atoms with van der Waals surface area (Å²) in [7, 11) is -3.57. The molecule has 0 unspecified atom stereocenters. The number of sulfone groups is 1. The van der Waals surface area contributed by atoms with Crippen LogP contribution >= 0.6 is 0 Å². The molecule has 1 aliphatic rings. The molecule has 48 valence electrons. The third-order valence-electron chi connectivity index (χ3n) is 0.882. The first-order valence-corrected chi connectivity index (χ1v) is 3.81. The quantitative estimate of drug-likeness (QED) is 0.481. The van der Waals surface area contributed by atoms with E-state index in [1.54, 1.807) is 0 Å². The van der Waals surface area contributed by atoms with Crippen LogP contribution in [0.15, 0.2) is 23.6 Å². The van der Waals surface area contributed by atoms with Gasteiger partial charge in [0.15, 0.2) is 0 Å². The van der Waals surface area contributed by atoms with Gasteiger partial charge in [-0.05, 0) is 6.08 Å². The van der Waals surface area contributed by atoms with Gasteiger partial charge in [-0.2, -0.15) is 0 Å². The summed E-state index contributed by atoms with van der Waals surface area (Å²) in [5.74, 6) is 0. The van der Waals surface area contributed by atoms with Crippen LogP contribution in [0.25, 0.3) is 0 Å². The molecule has 1 rings (SSSR count). The van der Waals surface area contributed by atoms with Crippen LogP contribution in [0.2, 0.25) is 0 Å². The van der Waals surface area contributed by atoms with Crippen LogP contribution in [0.1, 0.15) is 0 Å². The minimum atomic E-state index is -3.57. The van der Waals surface area contributed by atoms with E-state index in [1.807, 2.05) is 0 Å². The fourth-order valence-corrected chi connectivity index (χ4v) is 1.14. The van der Waals surface area contributed by atoms with Crippen LogP contribution in [0.5, 0.6) is 0 Å². The predicted octanol–water partition coefficient (Wildman–Crippen LogP) is 0.0113. The summed E-state index contributed by atoms with van der Waals surface area (Å²) in [5, 5.41) is 0.0417. The summed E-state index contributed by atoms with van der Waals surface area (Å²) < 4.78 is 21.0. The number of allylic oxidation sites excluding steroid dienone is 2. The first-order chi connectivity index (χ1) is 4.13. The number of carbonyl (C=O) groups is 1. The van der Waals surface area contributed by atoms with Crippen molar-refractivity contribution in [3.05, 3.63) is 23.6 Å². The van der Waals surface area contributed by atoms with E-state index in [-0.39, 0.29) is 0 Å². The van der Waals surface area contributed by atoms with Crippen molar-refractivity contribution >= 4 is 15.0 Å². The maximum Gasteiger partial charge on any atom is 0.273 e. The topological polar surface area (TPSA) is 51.2 Å². The van der Waals surface area contributed by atoms with Gasteiger partial charge in [-0.1, -0.05) is 12.2 Å². The van der Waals surface area contributed by atoms with Gasteiger partial charge in [-0.3, -0.25) is 4.79 Å². The lowest BCUT2D eigenvalue weighted by Gasteiger charge is -1.93. The van der Waals surface area contributed by atoms with Crippen LogP contribution < -0.4 is 0 Å². The zero-order valence-corrected chi connectivity index (χ0v) is 5.26. The average Bonchev–Trinajstić information content (AvgIpc) is 1.77. The van der Waals surface area contributed by atoms with Gasteiger partial charge in [0.2, 0.25) is 9.84 Å². The number of carbonyl (C=O) groups excluding carboxylic acids is 1. The van der Waals surface area contributed by atoms with Gasteiger partial charge in [0.05, 0.1) is 0 Å². The largest absolute Gasteiger partial charge is 0.276 e. The molecule has 3 nitrogen and oxygen atoms in total. The Balaban J connectivity index is 3.22. The highest BCUT2D eigenvalue weighted by molar-refractivity contribution is 8.09. The minimum Gasteiger partial charge on any atom is -0.276 e. The fourth-order valence-electron chi connectivity index (χ4n) is 0.445. The summed E-state index contributed by atoms with van der Waals surface area (Å²) in [6.45, 7) is 0. The average molecular weight is 144 g/mol. The third-order valence-corrected chi connectivity index (χ3v) is 2.09. The van der Waals surface area contributed by atoms with Gasteiger partial charge in [0, 0.05) is 5.41 Å². The molecule has 1 aliphatic heterocycles. The maximum absolute atomic E-state index is 10.5. The van der Waals surface area contributed by atoms with Gasteiger partial charge in [0.25, 0.3) is 5.12 Å². The summed E-state index contributed by atoms with van der Waals surface area (Å²) in [6, 6.07) is 0. The van der Waals surface area contributed by atoms with Crippen molar-refractivity contribution in [3.8, 4) is 0 Å². The maximum atomic E-state index is 10.5. The van der Waals surface area contributed by atoms with Gasteiger partial charge >= 0.3 is 0 Å². The Morgan fingerprint density at radius 3 is 2.22 bits per heavy atom. The van der Waals surface area contributed by atoms with E-state index in [9.17, 15) is 13.2 Å². The fraction of sp³-hybridized carbons (Fsp3) is 0. The zero-order chi connectivity index (χ0) is 6.91. The van der Waals surface area contributed by atoms with E-state index in [4.69, 9.17) is 0 Å². The van der Waals surface area contributed by atoms with Crippen molar-refractivity contribution in [1.29, 1.82) is 0 Å². The highest BCUT2D eigenvalue weighted by Gasteiger charge is 2.16. The van der Waals surface area contributed by atoms with Crippen LogP contribution in [-0.2, 0) is 14.6 Å². The van der Waals surface area contributed by atoms with Crippen LogP contribution in [0.4, 0.5) is 0 Å². The van der Waals surface area contributed by atoms with Crippen molar-refractivity contribution in [2.24, 2.45) is 0 Å². The second-order valence-corrected chi connectivity index (χ2v) is 3.32. The molecule has 0 saturated heterocycles. The van der Waals surface area contributed by atoms with Gasteiger partial charge in [0.1, 0.15) is 0 Å². The van der Waals surface area contributed by atoms with Crippen LogP contribution in [0, 0.1) is 0 Å². The molecule has 0 aliphatic carbocycles. The first-order valence-electron chi connectivity index (χ1n) is 2.27. The van der Waals surface area contributed by atoms with E-state index in [2.05, 4.69) is 0 Å². The van der Waals surface area contributed by atoms with Crippen molar-refractivity contribution in [2.45, 2.75) is 0 Å². The lowest BCUT2D eigenvalue weighted by Crippen LogP contribution is -2.09. The molecule has 0 radical (unpaired) electrons. The van der Waals surface area contributed by atoms with Crippen LogP contribution in [-0.4, -0.2) is 13.5 Å². The summed E-state index contributed by atoms with van der Waals surface area (Å²) in [4.78, 5) is 10.4. The molecular weight excluding hydrogens is 140 g/mol. The lowest BCUT2D eigenvalue weighted by atomic mass is 10.5. The number of hydrogen-bond acceptors (Lipinski definition) is 3. The van der Waals surface area contributed by atoms with E-state index < -0.39 is 15.0 Å². The standard InChI is InChI=1S/C5H4O3S/c6-5-3-1-2-4-9(5,7)8/h1-4H. The highest BCUT2D eigenvalue weighted by Crippen LogP contribution is 2.01. The number of hydrogen-bond donors (Lipinski definition) is 0. The summed E-state index contributed by atoms with van der Waals surface area (Å²) in [5.41, 5.74) is 0. The van der Waals surface area contributed by atoms with Gasteiger partial charge < -0.3 is 0 Å². The Morgan fingerprint density at radius 1 is 1.22 bits per heavy atom. The normalized spacial score (nSPS) is 22.4. The van der Waals surface area contributed by atoms with Crippen molar-refractivity contribution < 1.29 is 13.2 Å². The molecule has 1 heterocycles. The Morgan fingerprint density at radius 2 is 1.89 bits per heavy atom. The molecule has 0 spiro atoms. The van der Waals surface area contributed by atoms with Gasteiger partial charge in [-0.15, -0.1) is 0 Å². The molecule has 0 amide bonds. The Labute approximate surface area is 52.6 Å². The predicted molar refractivity (Wildman–Crippen MR) is 32.2 cm³/mol. The number of rotatable bonds is 0. The van der Waals surface area contributed by atoms with E-state index in [1.165, 1.54) is 12.2 Å². The second kappa shape index (κ2) is 1.80. The molecule has 0 aromatic heterocycles. The van der Waals surface area contributed by atoms with Crippen molar-refractivity contribution in [2.75, 3.05) is 0 Å². The van der Waals surface area contributed by atoms with E-state index in [0.717, 1.165) is 11.5 Å². The molecule has 0 aromatic rings. The monoisotopic (exact) mass is 144 g/mol. The molecule has 0 saturated carbocycles. The van der Waals surface area contributed by atoms with E-state index in [0.29, 0.717) is 0 Å².